The SMILES string of the molecule is N#Cc1cccc(-c2cc(NC3CCN(Cc4cccnc4)CC3)c3cnccc3c2)c1. The van der Waals surface area contributed by atoms with E-state index in [0.717, 1.165) is 60.1 Å². The van der Waals surface area contributed by atoms with Crippen LogP contribution in [-0.2, 0) is 6.54 Å². The highest BCUT2D eigenvalue weighted by Crippen LogP contribution is 2.32. The Labute approximate surface area is 188 Å². The van der Waals surface area contributed by atoms with E-state index in [1.54, 1.807) is 0 Å². The number of nitrogens with one attached hydrogen (secondary N) is 1. The van der Waals surface area contributed by atoms with Crippen molar-refractivity contribution in [3.05, 3.63) is 90.5 Å². The van der Waals surface area contributed by atoms with Crippen LogP contribution in [0.25, 0.3) is 21.9 Å². The molecule has 158 valence electrons. The van der Waals surface area contributed by atoms with Gasteiger partial charge in [0.2, 0.25) is 0 Å². The lowest BCUT2D eigenvalue weighted by atomic mass is 9.98. The molecule has 1 saturated heterocycles. The van der Waals surface area contributed by atoms with Gasteiger partial charge in [0.1, 0.15) is 0 Å². The van der Waals surface area contributed by atoms with E-state index in [4.69, 9.17) is 0 Å². The Morgan fingerprint density at radius 2 is 1.81 bits per heavy atom. The lowest BCUT2D eigenvalue weighted by Gasteiger charge is -2.33. The molecule has 0 radical (unpaired) electrons. The van der Waals surface area contributed by atoms with Gasteiger partial charge in [-0.3, -0.25) is 14.9 Å². The van der Waals surface area contributed by atoms with Crippen LogP contribution in [0.4, 0.5) is 5.69 Å². The summed E-state index contributed by atoms with van der Waals surface area (Å²) in [5, 5.41) is 15.4. The predicted molar refractivity (Wildman–Crippen MR) is 128 cm³/mol. The predicted octanol–water partition coefficient (Wildman–Crippen LogP) is 5.24. The van der Waals surface area contributed by atoms with Crippen LogP contribution in [0.5, 0.6) is 0 Å². The maximum atomic E-state index is 9.29. The van der Waals surface area contributed by atoms with Crippen LogP contribution in [0.15, 0.2) is 79.4 Å². The molecule has 4 aromatic rings. The van der Waals surface area contributed by atoms with Crippen molar-refractivity contribution in [2.24, 2.45) is 0 Å². The molecule has 0 amide bonds. The van der Waals surface area contributed by atoms with Crippen LogP contribution in [0.2, 0.25) is 0 Å². The molecule has 0 aliphatic carbocycles. The highest BCUT2D eigenvalue weighted by Gasteiger charge is 2.20. The Hall–Kier alpha value is -3.75. The molecular formula is C27H25N5. The third-order valence-corrected chi connectivity index (χ3v) is 6.16. The molecule has 0 spiro atoms. The normalized spacial score (nSPS) is 14.8. The molecule has 2 aromatic heterocycles. The second-order valence-electron chi connectivity index (χ2n) is 8.37. The standard InChI is InChI=1S/C27H25N5/c28-16-20-3-1-5-22(13-20)24-14-23-6-10-30-18-26(23)27(15-24)31-25-7-11-32(12-8-25)19-21-4-2-9-29-17-21/h1-6,9-10,13-15,17-18,25,31H,7-8,11-12,19H2. The van der Waals surface area contributed by atoms with E-state index in [1.165, 1.54) is 5.56 Å². The number of likely N-dealkylation sites (tertiary alicyclic amines) is 1. The summed E-state index contributed by atoms with van der Waals surface area (Å²) >= 11 is 0. The fraction of sp³-hybridized carbons (Fsp3) is 0.222. The zero-order chi connectivity index (χ0) is 21.8. The molecule has 3 heterocycles. The van der Waals surface area contributed by atoms with Crippen molar-refractivity contribution >= 4 is 16.5 Å². The summed E-state index contributed by atoms with van der Waals surface area (Å²) in [5.41, 5.74) is 5.21. The smallest absolute Gasteiger partial charge is 0.0991 e. The summed E-state index contributed by atoms with van der Waals surface area (Å²) in [6, 6.07) is 21.0. The molecule has 0 saturated carbocycles. The summed E-state index contributed by atoms with van der Waals surface area (Å²) in [6.07, 6.45) is 9.73. The van der Waals surface area contributed by atoms with Crippen LogP contribution >= 0.6 is 0 Å². The maximum absolute atomic E-state index is 9.29. The molecule has 0 atom stereocenters. The van der Waals surface area contributed by atoms with Gasteiger partial charge in [0.05, 0.1) is 11.6 Å². The Kier molecular flexibility index (Phi) is 5.78. The lowest BCUT2D eigenvalue weighted by molar-refractivity contribution is 0.211. The number of nitriles is 1. The molecule has 32 heavy (non-hydrogen) atoms. The summed E-state index contributed by atoms with van der Waals surface area (Å²) < 4.78 is 0. The van der Waals surface area contributed by atoms with E-state index in [0.29, 0.717) is 11.6 Å². The number of hydrogen-bond donors (Lipinski definition) is 1. The molecule has 0 bridgehead atoms. The van der Waals surface area contributed by atoms with E-state index < -0.39 is 0 Å². The van der Waals surface area contributed by atoms with Crippen molar-refractivity contribution in [2.75, 3.05) is 18.4 Å². The average molecular weight is 420 g/mol. The van der Waals surface area contributed by atoms with E-state index in [2.05, 4.69) is 56.6 Å². The Bertz CT molecular complexity index is 1250. The third kappa shape index (κ3) is 4.46. The van der Waals surface area contributed by atoms with Crippen LogP contribution in [0.1, 0.15) is 24.0 Å². The third-order valence-electron chi connectivity index (χ3n) is 6.16. The van der Waals surface area contributed by atoms with Crippen molar-refractivity contribution < 1.29 is 0 Å². The number of pyridine rings is 2. The summed E-state index contributed by atoms with van der Waals surface area (Å²) in [7, 11) is 0. The van der Waals surface area contributed by atoms with Crippen LogP contribution in [-0.4, -0.2) is 34.0 Å². The second-order valence-corrected chi connectivity index (χ2v) is 8.37. The van der Waals surface area contributed by atoms with Gasteiger partial charge in [0, 0.05) is 61.5 Å². The quantitative estimate of drug-likeness (QED) is 0.479. The van der Waals surface area contributed by atoms with Crippen LogP contribution in [0.3, 0.4) is 0 Å². The topological polar surface area (TPSA) is 64.8 Å². The minimum Gasteiger partial charge on any atom is -0.382 e. The Morgan fingerprint density at radius 3 is 2.62 bits per heavy atom. The first-order valence-corrected chi connectivity index (χ1v) is 11.0. The van der Waals surface area contributed by atoms with Crippen molar-refractivity contribution in [1.29, 1.82) is 5.26 Å². The van der Waals surface area contributed by atoms with Gasteiger partial charge in [-0.05, 0) is 71.3 Å². The molecule has 1 aliphatic heterocycles. The minimum atomic E-state index is 0.421. The van der Waals surface area contributed by atoms with Gasteiger partial charge in [-0.25, -0.2) is 0 Å². The fourth-order valence-electron chi connectivity index (χ4n) is 4.46. The number of aromatic nitrogens is 2. The molecule has 5 rings (SSSR count). The van der Waals surface area contributed by atoms with Gasteiger partial charge in [-0.1, -0.05) is 18.2 Å². The molecule has 1 N–H and O–H groups in total. The summed E-state index contributed by atoms with van der Waals surface area (Å²) in [5.74, 6) is 0. The molecule has 1 fully saturated rings. The van der Waals surface area contributed by atoms with Crippen molar-refractivity contribution in [3.8, 4) is 17.2 Å². The van der Waals surface area contributed by atoms with Crippen LogP contribution in [0, 0.1) is 11.3 Å². The van der Waals surface area contributed by atoms with E-state index in [1.807, 2.05) is 49.1 Å². The minimum absolute atomic E-state index is 0.421. The van der Waals surface area contributed by atoms with Crippen LogP contribution < -0.4 is 5.32 Å². The van der Waals surface area contributed by atoms with Gasteiger partial charge in [0.25, 0.3) is 0 Å². The zero-order valence-corrected chi connectivity index (χ0v) is 17.9. The molecule has 0 unspecified atom stereocenters. The molecule has 1 aliphatic rings. The largest absolute Gasteiger partial charge is 0.382 e. The highest BCUT2D eigenvalue weighted by atomic mass is 15.1. The maximum Gasteiger partial charge on any atom is 0.0991 e. The first-order chi connectivity index (χ1) is 15.8. The highest BCUT2D eigenvalue weighted by molar-refractivity contribution is 5.97. The molecule has 5 nitrogen and oxygen atoms in total. The zero-order valence-electron chi connectivity index (χ0n) is 17.9. The number of hydrogen-bond acceptors (Lipinski definition) is 5. The Morgan fingerprint density at radius 1 is 0.938 bits per heavy atom. The van der Waals surface area contributed by atoms with Gasteiger partial charge in [-0.15, -0.1) is 0 Å². The fourth-order valence-corrected chi connectivity index (χ4v) is 4.46. The lowest BCUT2D eigenvalue weighted by Crippen LogP contribution is -2.38. The van der Waals surface area contributed by atoms with Crippen molar-refractivity contribution in [3.63, 3.8) is 0 Å². The number of benzene rings is 2. The van der Waals surface area contributed by atoms with Crippen molar-refractivity contribution in [1.82, 2.24) is 14.9 Å². The first-order valence-electron chi connectivity index (χ1n) is 11.0. The van der Waals surface area contributed by atoms with Gasteiger partial charge < -0.3 is 5.32 Å². The summed E-state index contributed by atoms with van der Waals surface area (Å²) in [4.78, 5) is 11.1. The number of rotatable bonds is 5. The monoisotopic (exact) mass is 419 g/mol. The number of piperidine rings is 1. The van der Waals surface area contributed by atoms with E-state index in [-0.39, 0.29) is 0 Å². The van der Waals surface area contributed by atoms with Crippen molar-refractivity contribution in [2.45, 2.75) is 25.4 Å². The number of nitrogens with zero attached hydrogens (tertiary/aromatic N) is 4. The number of fused-ring (bicyclic) bond motifs is 1. The van der Waals surface area contributed by atoms with E-state index >= 15 is 0 Å². The molecule has 2 aromatic carbocycles. The van der Waals surface area contributed by atoms with Gasteiger partial charge in [0.15, 0.2) is 0 Å². The Balaban J connectivity index is 1.35. The van der Waals surface area contributed by atoms with Gasteiger partial charge in [-0.2, -0.15) is 5.26 Å². The number of anilines is 1. The molecule has 5 heteroatoms. The first kappa shape index (κ1) is 20.2. The molecular weight excluding hydrogens is 394 g/mol. The second kappa shape index (κ2) is 9.17. The van der Waals surface area contributed by atoms with E-state index in [9.17, 15) is 5.26 Å². The average Bonchev–Trinajstić information content (AvgIpc) is 2.86. The summed E-state index contributed by atoms with van der Waals surface area (Å²) in [6.45, 7) is 3.08. The van der Waals surface area contributed by atoms with Gasteiger partial charge >= 0.3 is 0 Å².